The largest absolute Gasteiger partial charge is 0.460 e. The molecule has 0 unspecified atom stereocenters. The number of hydrogen-bond acceptors (Lipinski definition) is 7. The molecule has 0 fully saturated rings. The van der Waals surface area contributed by atoms with Crippen molar-refractivity contribution in [2.24, 2.45) is 0 Å². The van der Waals surface area contributed by atoms with Crippen LogP contribution >= 0.6 is 0 Å². The van der Waals surface area contributed by atoms with Gasteiger partial charge in [-0.25, -0.2) is 9.59 Å². The molecule has 20 heavy (non-hydrogen) atoms. The maximum absolute atomic E-state index is 11.6. The Morgan fingerprint density at radius 1 is 1.40 bits per heavy atom. The average molecular weight is 282 g/mol. The minimum absolute atomic E-state index is 0.0641. The highest BCUT2D eigenvalue weighted by molar-refractivity contribution is 5.92. The SMILES string of the molecule is CC(C)OC(=O)COC(=O)c1ccc(N)c([N+](=O)[O-])c1. The fourth-order valence-electron chi connectivity index (χ4n) is 1.33. The number of nitrogens with two attached hydrogens (primary N) is 1. The molecule has 1 aromatic rings. The van der Waals surface area contributed by atoms with Gasteiger partial charge in [0.05, 0.1) is 16.6 Å². The Bertz CT molecular complexity index is 541. The molecule has 0 spiro atoms. The molecule has 0 atom stereocenters. The van der Waals surface area contributed by atoms with Crippen molar-refractivity contribution in [2.75, 3.05) is 12.3 Å². The molecule has 1 rings (SSSR count). The van der Waals surface area contributed by atoms with E-state index in [1.165, 1.54) is 12.1 Å². The van der Waals surface area contributed by atoms with E-state index in [0.717, 1.165) is 6.07 Å². The predicted molar refractivity (Wildman–Crippen MR) is 69.0 cm³/mol. The van der Waals surface area contributed by atoms with Gasteiger partial charge in [0, 0.05) is 6.07 Å². The molecule has 0 amide bonds. The molecule has 0 saturated heterocycles. The molecule has 0 aliphatic rings. The summed E-state index contributed by atoms with van der Waals surface area (Å²) in [5.74, 6) is -1.56. The van der Waals surface area contributed by atoms with Crippen LogP contribution < -0.4 is 5.73 Å². The number of carbonyl (C=O) groups excluding carboxylic acids is 2. The summed E-state index contributed by atoms with van der Waals surface area (Å²) in [6.07, 6.45) is -0.321. The van der Waals surface area contributed by atoms with Gasteiger partial charge in [0.25, 0.3) is 5.69 Å². The topological polar surface area (TPSA) is 122 Å². The zero-order valence-electron chi connectivity index (χ0n) is 11.0. The fourth-order valence-corrected chi connectivity index (χ4v) is 1.33. The number of nitro benzene ring substituents is 1. The number of nitro groups is 1. The van der Waals surface area contributed by atoms with Gasteiger partial charge in [-0.15, -0.1) is 0 Å². The molecule has 0 heterocycles. The maximum atomic E-state index is 11.6. The molecule has 0 aromatic heterocycles. The van der Waals surface area contributed by atoms with Crippen molar-refractivity contribution in [3.8, 4) is 0 Å². The van der Waals surface area contributed by atoms with Crippen molar-refractivity contribution >= 4 is 23.3 Å². The summed E-state index contributed by atoms with van der Waals surface area (Å²) < 4.78 is 9.46. The van der Waals surface area contributed by atoms with Crippen LogP contribution in [0.1, 0.15) is 24.2 Å². The molecule has 0 aliphatic carbocycles. The standard InChI is InChI=1S/C12H14N2O6/c1-7(2)20-11(15)6-19-12(16)8-3-4-9(13)10(5-8)14(17)18/h3-5,7H,6,13H2,1-2H3. The van der Waals surface area contributed by atoms with E-state index in [-0.39, 0.29) is 17.4 Å². The fraction of sp³-hybridized carbons (Fsp3) is 0.333. The van der Waals surface area contributed by atoms with Gasteiger partial charge >= 0.3 is 11.9 Å². The van der Waals surface area contributed by atoms with Crippen molar-refractivity contribution < 1.29 is 24.0 Å². The van der Waals surface area contributed by atoms with Crippen LogP contribution in [0, 0.1) is 10.1 Å². The molecule has 0 aliphatic heterocycles. The Morgan fingerprint density at radius 3 is 2.60 bits per heavy atom. The van der Waals surface area contributed by atoms with E-state index in [9.17, 15) is 19.7 Å². The Balaban J connectivity index is 2.71. The number of anilines is 1. The number of nitrogen functional groups attached to an aromatic ring is 1. The number of esters is 2. The molecule has 0 bridgehead atoms. The summed E-state index contributed by atoms with van der Waals surface area (Å²) >= 11 is 0. The van der Waals surface area contributed by atoms with Gasteiger partial charge in [-0.3, -0.25) is 10.1 Å². The number of hydrogen-bond donors (Lipinski definition) is 1. The third kappa shape index (κ3) is 4.23. The van der Waals surface area contributed by atoms with Crippen LogP contribution in [0.4, 0.5) is 11.4 Å². The highest BCUT2D eigenvalue weighted by Crippen LogP contribution is 2.22. The Hall–Kier alpha value is -2.64. The first-order chi connectivity index (χ1) is 9.31. The van der Waals surface area contributed by atoms with E-state index in [4.69, 9.17) is 10.5 Å². The summed E-state index contributed by atoms with van der Waals surface area (Å²) in [4.78, 5) is 32.8. The van der Waals surface area contributed by atoms with Crippen LogP contribution in [0.25, 0.3) is 0 Å². The quantitative estimate of drug-likeness (QED) is 0.373. The monoisotopic (exact) mass is 282 g/mol. The minimum atomic E-state index is -0.867. The van der Waals surface area contributed by atoms with E-state index in [1.54, 1.807) is 13.8 Å². The third-order valence-corrected chi connectivity index (χ3v) is 2.15. The van der Waals surface area contributed by atoms with Crippen LogP contribution in [-0.2, 0) is 14.3 Å². The lowest BCUT2D eigenvalue weighted by Gasteiger charge is -2.08. The van der Waals surface area contributed by atoms with Gasteiger partial charge in [0.1, 0.15) is 5.69 Å². The minimum Gasteiger partial charge on any atom is -0.460 e. The van der Waals surface area contributed by atoms with Crippen molar-refractivity contribution in [3.63, 3.8) is 0 Å². The van der Waals surface area contributed by atoms with E-state index < -0.39 is 29.2 Å². The van der Waals surface area contributed by atoms with E-state index in [1.807, 2.05) is 0 Å². The second kappa shape index (κ2) is 6.50. The molecule has 0 radical (unpaired) electrons. The van der Waals surface area contributed by atoms with E-state index >= 15 is 0 Å². The Kier molecular flexibility index (Phi) is 5.01. The Morgan fingerprint density at radius 2 is 2.05 bits per heavy atom. The molecule has 8 nitrogen and oxygen atoms in total. The first-order valence-corrected chi connectivity index (χ1v) is 5.71. The van der Waals surface area contributed by atoms with Crippen LogP contribution in [0.3, 0.4) is 0 Å². The summed E-state index contributed by atoms with van der Waals surface area (Å²) in [6.45, 7) is 2.75. The summed E-state index contributed by atoms with van der Waals surface area (Å²) in [6, 6.07) is 3.49. The molecular formula is C12H14N2O6. The highest BCUT2D eigenvalue weighted by atomic mass is 16.6. The summed E-state index contributed by atoms with van der Waals surface area (Å²) in [7, 11) is 0. The number of nitrogens with zero attached hydrogens (tertiary/aromatic N) is 1. The smallest absolute Gasteiger partial charge is 0.344 e. The van der Waals surface area contributed by atoms with Crippen molar-refractivity contribution in [1.82, 2.24) is 0 Å². The van der Waals surface area contributed by atoms with Crippen LogP contribution in [0.2, 0.25) is 0 Å². The highest BCUT2D eigenvalue weighted by Gasteiger charge is 2.17. The second-order valence-electron chi connectivity index (χ2n) is 4.15. The summed E-state index contributed by atoms with van der Waals surface area (Å²) in [5.41, 5.74) is 4.87. The maximum Gasteiger partial charge on any atom is 0.344 e. The van der Waals surface area contributed by atoms with Crippen molar-refractivity contribution in [1.29, 1.82) is 0 Å². The van der Waals surface area contributed by atoms with E-state index in [0.29, 0.717) is 0 Å². The number of benzene rings is 1. The molecule has 8 heteroatoms. The molecule has 0 saturated carbocycles. The second-order valence-corrected chi connectivity index (χ2v) is 4.15. The average Bonchev–Trinajstić information content (AvgIpc) is 2.35. The number of rotatable bonds is 5. The number of ether oxygens (including phenoxy) is 2. The lowest BCUT2D eigenvalue weighted by Crippen LogP contribution is -2.19. The third-order valence-electron chi connectivity index (χ3n) is 2.15. The first kappa shape index (κ1) is 15.4. The zero-order chi connectivity index (χ0) is 15.3. The van der Waals surface area contributed by atoms with E-state index in [2.05, 4.69) is 4.74 Å². The molecule has 1 aromatic carbocycles. The Labute approximate surface area is 114 Å². The molecule has 2 N–H and O–H groups in total. The normalized spacial score (nSPS) is 10.2. The van der Waals surface area contributed by atoms with Crippen LogP contribution in [0.5, 0.6) is 0 Å². The van der Waals surface area contributed by atoms with Gasteiger partial charge in [0.15, 0.2) is 6.61 Å². The van der Waals surface area contributed by atoms with Gasteiger partial charge in [-0.2, -0.15) is 0 Å². The first-order valence-electron chi connectivity index (χ1n) is 5.71. The number of carbonyl (C=O) groups is 2. The van der Waals surface area contributed by atoms with Crippen LogP contribution in [0.15, 0.2) is 18.2 Å². The van der Waals surface area contributed by atoms with Crippen molar-refractivity contribution in [3.05, 3.63) is 33.9 Å². The van der Waals surface area contributed by atoms with Gasteiger partial charge in [-0.05, 0) is 26.0 Å². The predicted octanol–water partition coefficient (Wildman–Crippen LogP) is 1.29. The van der Waals surface area contributed by atoms with Gasteiger partial charge < -0.3 is 15.2 Å². The van der Waals surface area contributed by atoms with Gasteiger partial charge in [0.2, 0.25) is 0 Å². The van der Waals surface area contributed by atoms with Crippen LogP contribution in [-0.4, -0.2) is 29.6 Å². The lowest BCUT2D eigenvalue weighted by molar-refractivity contribution is -0.383. The molecule has 108 valence electrons. The lowest BCUT2D eigenvalue weighted by atomic mass is 10.2. The zero-order valence-corrected chi connectivity index (χ0v) is 11.0. The molecular weight excluding hydrogens is 268 g/mol. The van der Waals surface area contributed by atoms with Gasteiger partial charge in [-0.1, -0.05) is 0 Å². The summed E-state index contributed by atoms with van der Waals surface area (Å²) in [5, 5.41) is 10.7. The van der Waals surface area contributed by atoms with Crippen molar-refractivity contribution in [2.45, 2.75) is 20.0 Å².